The maximum absolute atomic E-state index is 12.0. The molecule has 0 saturated heterocycles. The Hall–Kier alpha value is -3.84. The largest absolute Gasteiger partial charge is 0.375 e. The van der Waals surface area contributed by atoms with Gasteiger partial charge in [0.1, 0.15) is 12.1 Å². The van der Waals surface area contributed by atoms with Gasteiger partial charge in [-0.15, -0.1) is 5.10 Å². The number of nitrogens with one attached hydrogen (secondary N) is 1. The van der Waals surface area contributed by atoms with Crippen LogP contribution in [0.15, 0.2) is 91.0 Å². The lowest BCUT2D eigenvalue weighted by Crippen LogP contribution is -2.41. The lowest BCUT2D eigenvalue weighted by molar-refractivity contribution is -0.124. The quantitative estimate of drug-likeness (QED) is 0.449. The fraction of sp³-hybridized carbons (Fsp3) is 0.167. The van der Waals surface area contributed by atoms with E-state index in [2.05, 4.69) is 57.2 Å². The summed E-state index contributed by atoms with van der Waals surface area (Å²) in [5, 5.41) is 15.4. The van der Waals surface area contributed by atoms with Gasteiger partial charge in [-0.25, -0.2) is 4.68 Å². The van der Waals surface area contributed by atoms with Gasteiger partial charge in [-0.2, -0.15) is 0 Å². The minimum Gasteiger partial charge on any atom is -0.375 e. The zero-order valence-electron chi connectivity index (χ0n) is 17.2. The molecule has 0 bridgehead atoms. The summed E-state index contributed by atoms with van der Waals surface area (Å²) in [7, 11) is 1.48. The van der Waals surface area contributed by atoms with Crippen LogP contribution in [-0.2, 0) is 21.6 Å². The highest BCUT2D eigenvalue weighted by Gasteiger charge is 2.41. The normalized spacial score (nSPS) is 11.3. The van der Waals surface area contributed by atoms with Crippen LogP contribution in [0.4, 0.5) is 0 Å². The predicted molar refractivity (Wildman–Crippen MR) is 116 cm³/mol. The number of rotatable bonds is 8. The van der Waals surface area contributed by atoms with Gasteiger partial charge in [0.05, 0.1) is 6.54 Å². The van der Waals surface area contributed by atoms with E-state index in [1.54, 1.807) is 4.68 Å². The number of methoxy groups -OCH3 is 1. The van der Waals surface area contributed by atoms with E-state index in [9.17, 15) is 4.79 Å². The van der Waals surface area contributed by atoms with Crippen molar-refractivity contribution in [3.63, 3.8) is 0 Å². The third kappa shape index (κ3) is 3.95. The zero-order chi connectivity index (χ0) is 21.5. The molecule has 1 amide bonds. The summed E-state index contributed by atoms with van der Waals surface area (Å²) in [6, 6.07) is 30.3. The SMILES string of the molecule is COCC(=O)NCc1nnnn1C(c1ccccc1)(c1ccccc1)c1ccccc1. The van der Waals surface area contributed by atoms with Gasteiger partial charge in [-0.1, -0.05) is 91.0 Å². The second-order valence-electron chi connectivity index (χ2n) is 7.03. The Bertz CT molecular complexity index is 1020. The van der Waals surface area contributed by atoms with Gasteiger partial charge in [-0.05, 0) is 27.1 Å². The summed E-state index contributed by atoms with van der Waals surface area (Å²) in [6.45, 7) is 0.145. The first-order valence-electron chi connectivity index (χ1n) is 9.96. The topological polar surface area (TPSA) is 81.9 Å². The van der Waals surface area contributed by atoms with Gasteiger partial charge in [0, 0.05) is 7.11 Å². The minimum atomic E-state index is -0.825. The molecule has 7 heteroatoms. The van der Waals surface area contributed by atoms with Crippen molar-refractivity contribution >= 4 is 5.91 Å². The Labute approximate surface area is 180 Å². The lowest BCUT2D eigenvalue weighted by atomic mass is 9.77. The first-order chi connectivity index (χ1) is 15.3. The number of hydrogen-bond donors (Lipinski definition) is 1. The number of amides is 1. The predicted octanol–water partition coefficient (Wildman–Crippen LogP) is 2.78. The summed E-state index contributed by atoms with van der Waals surface area (Å²) in [5.74, 6) is 0.294. The molecule has 0 fully saturated rings. The van der Waals surface area contributed by atoms with Crippen LogP contribution in [0.25, 0.3) is 0 Å². The van der Waals surface area contributed by atoms with Crippen molar-refractivity contribution in [1.29, 1.82) is 0 Å². The summed E-state index contributed by atoms with van der Waals surface area (Å²) in [5.41, 5.74) is 2.19. The van der Waals surface area contributed by atoms with Crippen LogP contribution >= 0.6 is 0 Å². The molecule has 0 radical (unpaired) electrons. The number of benzene rings is 3. The van der Waals surface area contributed by atoms with Gasteiger partial charge in [0.2, 0.25) is 5.91 Å². The van der Waals surface area contributed by atoms with E-state index < -0.39 is 5.54 Å². The second-order valence-corrected chi connectivity index (χ2v) is 7.03. The Morgan fingerprint density at radius 3 is 1.81 bits per heavy atom. The summed E-state index contributed by atoms with van der Waals surface area (Å²) >= 11 is 0. The van der Waals surface area contributed by atoms with E-state index >= 15 is 0 Å². The molecule has 1 aromatic heterocycles. The molecule has 0 saturated carbocycles. The highest BCUT2D eigenvalue weighted by atomic mass is 16.5. The molecule has 0 aliphatic rings. The monoisotopic (exact) mass is 413 g/mol. The highest BCUT2D eigenvalue weighted by molar-refractivity contribution is 5.77. The molecule has 1 heterocycles. The molecule has 1 N–H and O–H groups in total. The smallest absolute Gasteiger partial charge is 0.246 e. The van der Waals surface area contributed by atoms with Crippen molar-refractivity contribution in [2.24, 2.45) is 0 Å². The average molecular weight is 413 g/mol. The van der Waals surface area contributed by atoms with Crippen molar-refractivity contribution in [3.8, 4) is 0 Å². The van der Waals surface area contributed by atoms with Gasteiger partial charge >= 0.3 is 0 Å². The van der Waals surface area contributed by atoms with E-state index in [0.29, 0.717) is 5.82 Å². The van der Waals surface area contributed by atoms with Gasteiger partial charge < -0.3 is 10.1 Å². The van der Waals surface area contributed by atoms with E-state index in [-0.39, 0.29) is 19.1 Å². The van der Waals surface area contributed by atoms with Crippen molar-refractivity contribution in [3.05, 3.63) is 114 Å². The van der Waals surface area contributed by atoms with Gasteiger partial charge in [0.15, 0.2) is 5.82 Å². The molecular weight excluding hydrogens is 390 g/mol. The van der Waals surface area contributed by atoms with Crippen LogP contribution in [0.2, 0.25) is 0 Å². The Morgan fingerprint density at radius 1 is 0.871 bits per heavy atom. The molecule has 0 unspecified atom stereocenters. The summed E-state index contributed by atoms with van der Waals surface area (Å²) < 4.78 is 6.70. The second kappa shape index (κ2) is 9.32. The molecular formula is C24H23N5O2. The van der Waals surface area contributed by atoms with E-state index in [1.165, 1.54) is 7.11 Å². The number of aromatic nitrogens is 4. The standard InChI is InChI=1S/C24H23N5O2/c1-31-18-23(30)25-17-22-26-27-28-29(22)24(19-11-5-2-6-12-19,20-13-7-3-8-14-20)21-15-9-4-10-16-21/h2-16H,17-18H2,1H3,(H,25,30). The minimum absolute atomic E-state index is 0.0250. The Kier molecular flexibility index (Phi) is 6.14. The van der Waals surface area contributed by atoms with Crippen LogP contribution in [0.5, 0.6) is 0 Å². The van der Waals surface area contributed by atoms with Crippen LogP contribution in [0.1, 0.15) is 22.5 Å². The van der Waals surface area contributed by atoms with Crippen molar-refractivity contribution in [2.45, 2.75) is 12.1 Å². The maximum atomic E-state index is 12.0. The fourth-order valence-corrected chi connectivity index (χ4v) is 3.84. The zero-order valence-corrected chi connectivity index (χ0v) is 17.2. The van der Waals surface area contributed by atoms with Gasteiger partial charge in [0.25, 0.3) is 0 Å². The molecule has 3 aromatic carbocycles. The average Bonchev–Trinajstić information content (AvgIpc) is 3.30. The molecule has 0 aliphatic heterocycles. The van der Waals surface area contributed by atoms with Gasteiger partial charge in [-0.3, -0.25) is 4.79 Å². The molecule has 7 nitrogen and oxygen atoms in total. The number of tetrazole rings is 1. The summed E-state index contributed by atoms with van der Waals surface area (Å²) in [4.78, 5) is 12.0. The first kappa shape index (κ1) is 20.4. The molecule has 0 spiro atoms. The van der Waals surface area contributed by atoms with Crippen molar-refractivity contribution < 1.29 is 9.53 Å². The number of hydrogen-bond acceptors (Lipinski definition) is 5. The number of ether oxygens (including phenoxy) is 1. The molecule has 0 aliphatic carbocycles. The van der Waals surface area contributed by atoms with Crippen LogP contribution in [-0.4, -0.2) is 39.8 Å². The van der Waals surface area contributed by atoms with E-state index in [4.69, 9.17) is 4.74 Å². The lowest BCUT2D eigenvalue weighted by Gasteiger charge is -2.36. The van der Waals surface area contributed by atoms with Crippen molar-refractivity contribution in [1.82, 2.24) is 25.5 Å². The third-order valence-corrected chi connectivity index (χ3v) is 5.15. The number of carbonyl (C=O) groups excluding carboxylic acids is 1. The molecule has 4 rings (SSSR count). The van der Waals surface area contributed by atoms with Crippen LogP contribution < -0.4 is 5.32 Å². The van der Waals surface area contributed by atoms with Crippen LogP contribution in [0, 0.1) is 0 Å². The molecule has 4 aromatic rings. The third-order valence-electron chi connectivity index (χ3n) is 5.15. The van der Waals surface area contributed by atoms with Crippen LogP contribution in [0.3, 0.4) is 0 Å². The Balaban J connectivity index is 1.95. The molecule has 156 valence electrons. The molecule has 0 atom stereocenters. The Morgan fingerprint density at radius 2 is 1.35 bits per heavy atom. The number of carbonyl (C=O) groups is 1. The van der Waals surface area contributed by atoms with E-state index in [1.807, 2.05) is 54.6 Å². The first-order valence-corrected chi connectivity index (χ1v) is 9.96. The fourth-order valence-electron chi connectivity index (χ4n) is 3.84. The molecule has 31 heavy (non-hydrogen) atoms. The highest BCUT2D eigenvalue weighted by Crippen LogP contribution is 2.40. The number of nitrogens with zero attached hydrogens (tertiary/aromatic N) is 4. The summed E-state index contributed by atoms with van der Waals surface area (Å²) in [6.07, 6.45) is 0. The van der Waals surface area contributed by atoms with E-state index in [0.717, 1.165) is 16.7 Å². The maximum Gasteiger partial charge on any atom is 0.246 e. The van der Waals surface area contributed by atoms with Crippen molar-refractivity contribution in [2.75, 3.05) is 13.7 Å².